The molecule has 0 bridgehead atoms. The number of carbonyl (C=O) groups is 1. The number of nitrogens with one attached hydrogen (secondary N) is 1. The van der Waals surface area contributed by atoms with Crippen molar-refractivity contribution in [2.24, 2.45) is 5.73 Å². The Balaban J connectivity index is 0.00000337. The molecule has 9 nitrogen and oxygen atoms in total. The minimum absolute atomic E-state index is 0. The summed E-state index contributed by atoms with van der Waals surface area (Å²) >= 11 is 0. The fourth-order valence-electron chi connectivity index (χ4n) is 5.10. The third-order valence-corrected chi connectivity index (χ3v) is 7.51. The molecule has 3 aromatic heterocycles. The number of anilines is 1. The van der Waals surface area contributed by atoms with Crippen LogP contribution in [0, 0.1) is 0 Å². The summed E-state index contributed by atoms with van der Waals surface area (Å²) in [5.41, 5.74) is 18.6. The highest BCUT2D eigenvalue weighted by Crippen LogP contribution is 2.39. The number of aliphatic hydroxyl groups is 1. The molecule has 2 aromatic carbocycles. The van der Waals surface area contributed by atoms with E-state index in [1.165, 1.54) is 0 Å². The molecule has 1 aliphatic rings. The van der Waals surface area contributed by atoms with Gasteiger partial charge in [-0.05, 0) is 80.3 Å². The van der Waals surface area contributed by atoms with E-state index in [-0.39, 0.29) is 30.4 Å². The van der Waals surface area contributed by atoms with Gasteiger partial charge in [0, 0.05) is 35.1 Å². The van der Waals surface area contributed by atoms with E-state index in [9.17, 15) is 9.90 Å². The first kappa shape index (κ1) is 28.2. The second-order valence-electron chi connectivity index (χ2n) is 10.4. The molecule has 0 radical (unpaired) electrons. The van der Waals surface area contributed by atoms with Crippen molar-refractivity contribution in [3.05, 3.63) is 90.1 Å². The SMILES string of the molecule is C[C@@H](O)CNC(=O)c1cccc(-c2ccc3nc(-c4cccnc4N)n(-c4ccc(C5(N)CCC5)cc4)c3n2)c1.Cl. The van der Waals surface area contributed by atoms with Crippen molar-refractivity contribution in [2.45, 2.75) is 37.8 Å². The quantitative estimate of drug-likeness (QED) is 0.224. The minimum Gasteiger partial charge on any atom is -0.392 e. The molecular formula is C31H32ClN7O2. The zero-order chi connectivity index (χ0) is 27.9. The number of benzene rings is 2. The van der Waals surface area contributed by atoms with Crippen LogP contribution in [0.5, 0.6) is 0 Å². The number of rotatable bonds is 7. The number of carbonyl (C=O) groups excluding carboxylic acids is 1. The number of fused-ring (bicyclic) bond motifs is 1. The molecule has 5 aromatic rings. The van der Waals surface area contributed by atoms with E-state index < -0.39 is 6.10 Å². The predicted molar refractivity (Wildman–Crippen MR) is 163 cm³/mol. The molecule has 10 heteroatoms. The molecule has 1 amide bonds. The summed E-state index contributed by atoms with van der Waals surface area (Å²) in [6.45, 7) is 1.80. The normalized spacial score (nSPS) is 14.6. The van der Waals surface area contributed by atoms with Crippen LogP contribution in [0.4, 0.5) is 5.82 Å². The second kappa shape index (κ2) is 11.3. The van der Waals surface area contributed by atoms with Gasteiger partial charge in [0.05, 0.1) is 17.4 Å². The van der Waals surface area contributed by atoms with Crippen LogP contribution in [0.25, 0.3) is 39.5 Å². The third-order valence-electron chi connectivity index (χ3n) is 7.51. The molecule has 0 spiro atoms. The molecule has 0 saturated heterocycles. The fourth-order valence-corrected chi connectivity index (χ4v) is 5.10. The van der Waals surface area contributed by atoms with Crippen molar-refractivity contribution in [2.75, 3.05) is 12.3 Å². The average molecular weight is 570 g/mol. The maximum Gasteiger partial charge on any atom is 0.251 e. The maximum atomic E-state index is 12.6. The van der Waals surface area contributed by atoms with E-state index in [0.717, 1.165) is 36.1 Å². The van der Waals surface area contributed by atoms with Crippen molar-refractivity contribution in [3.63, 3.8) is 0 Å². The van der Waals surface area contributed by atoms with Gasteiger partial charge in [-0.1, -0.05) is 24.3 Å². The number of hydrogen-bond acceptors (Lipinski definition) is 7. The lowest BCUT2D eigenvalue weighted by Gasteiger charge is -2.38. The highest BCUT2D eigenvalue weighted by Gasteiger charge is 2.34. The number of nitrogens with zero attached hydrogens (tertiary/aromatic N) is 4. The number of nitrogen functional groups attached to an aromatic ring is 1. The van der Waals surface area contributed by atoms with Crippen LogP contribution in [-0.2, 0) is 5.54 Å². The number of halogens is 1. The predicted octanol–water partition coefficient (Wildman–Crippen LogP) is 4.60. The van der Waals surface area contributed by atoms with Crippen LogP contribution >= 0.6 is 12.4 Å². The number of amides is 1. The van der Waals surface area contributed by atoms with Crippen LogP contribution in [0.1, 0.15) is 42.1 Å². The number of pyridine rings is 2. The summed E-state index contributed by atoms with van der Waals surface area (Å²) in [5, 5.41) is 12.3. The van der Waals surface area contributed by atoms with Gasteiger partial charge in [-0.2, -0.15) is 0 Å². The van der Waals surface area contributed by atoms with Gasteiger partial charge in [0.15, 0.2) is 11.5 Å². The number of aromatic nitrogens is 4. The zero-order valence-corrected chi connectivity index (χ0v) is 23.4. The summed E-state index contributed by atoms with van der Waals surface area (Å²) in [6, 6.07) is 23.0. The Morgan fingerprint density at radius 1 is 1.07 bits per heavy atom. The van der Waals surface area contributed by atoms with Gasteiger partial charge in [-0.15, -0.1) is 12.4 Å². The summed E-state index contributed by atoms with van der Waals surface area (Å²) in [6.07, 6.45) is 4.14. The fraction of sp³-hybridized carbons (Fsp3) is 0.226. The van der Waals surface area contributed by atoms with E-state index in [1.807, 2.05) is 53.1 Å². The topological polar surface area (TPSA) is 145 Å². The summed E-state index contributed by atoms with van der Waals surface area (Å²) in [7, 11) is 0. The Morgan fingerprint density at radius 2 is 1.85 bits per heavy atom. The molecule has 1 fully saturated rings. The van der Waals surface area contributed by atoms with Crippen LogP contribution < -0.4 is 16.8 Å². The highest BCUT2D eigenvalue weighted by atomic mass is 35.5. The Hall–Kier alpha value is -4.31. The van der Waals surface area contributed by atoms with Crippen LogP contribution in [-0.4, -0.2) is 43.2 Å². The first-order valence-corrected chi connectivity index (χ1v) is 13.4. The first-order chi connectivity index (χ1) is 19.3. The standard InChI is InChI=1S/C31H31N7O2.ClH/c1-19(39)18-35-30(40)21-6-2-5-20(17-21)25-12-13-26-29(36-25)38(28(37-26)24-7-3-16-34-27(24)32)23-10-8-22(9-11-23)31(33)14-4-15-31;/h2-3,5-13,16-17,19,39H,4,14-15,18,33H2,1H3,(H2,32,34)(H,35,40);1H/t19-;/m1./s1. The van der Waals surface area contributed by atoms with Crippen LogP contribution in [0.15, 0.2) is 79.0 Å². The number of nitrogens with two attached hydrogens (primary N) is 2. The molecule has 0 unspecified atom stereocenters. The van der Waals surface area contributed by atoms with E-state index in [1.54, 1.807) is 25.3 Å². The lowest BCUT2D eigenvalue weighted by Crippen LogP contribution is -2.43. The second-order valence-corrected chi connectivity index (χ2v) is 10.4. The third kappa shape index (κ3) is 5.39. The van der Waals surface area contributed by atoms with Gasteiger partial charge < -0.3 is 21.9 Å². The van der Waals surface area contributed by atoms with Crippen molar-refractivity contribution < 1.29 is 9.90 Å². The highest BCUT2D eigenvalue weighted by molar-refractivity contribution is 5.95. The van der Waals surface area contributed by atoms with Crippen LogP contribution in [0.3, 0.4) is 0 Å². The summed E-state index contributed by atoms with van der Waals surface area (Å²) in [4.78, 5) is 26.8. The minimum atomic E-state index is -0.627. The first-order valence-electron chi connectivity index (χ1n) is 13.4. The van der Waals surface area contributed by atoms with Crippen molar-refractivity contribution in [3.8, 4) is 28.3 Å². The Bertz CT molecular complexity index is 1710. The number of hydrogen-bond donors (Lipinski definition) is 4. The van der Waals surface area contributed by atoms with E-state index in [0.29, 0.717) is 39.6 Å². The zero-order valence-electron chi connectivity index (χ0n) is 22.6. The summed E-state index contributed by atoms with van der Waals surface area (Å²) in [5.74, 6) is 0.755. The van der Waals surface area contributed by atoms with Crippen molar-refractivity contribution in [1.29, 1.82) is 0 Å². The van der Waals surface area contributed by atoms with E-state index in [2.05, 4.69) is 22.4 Å². The molecule has 1 saturated carbocycles. The van der Waals surface area contributed by atoms with Gasteiger partial charge in [-0.3, -0.25) is 9.36 Å². The van der Waals surface area contributed by atoms with E-state index >= 15 is 0 Å². The lowest BCUT2D eigenvalue weighted by molar-refractivity contribution is 0.0924. The van der Waals surface area contributed by atoms with Gasteiger partial charge in [-0.25, -0.2) is 15.0 Å². The Morgan fingerprint density at radius 3 is 2.54 bits per heavy atom. The van der Waals surface area contributed by atoms with Gasteiger partial charge in [0.25, 0.3) is 5.91 Å². The largest absolute Gasteiger partial charge is 0.392 e. The molecule has 6 N–H and O–H groups in total. The molecule has 210 valence electrons. The molecule has 3 heterocycles. The van der Waals surface area contributed by atoms with Crippen molar-refractivity contribution >= 4 is 35.3 Å². The average Bonchev–Trinajstić information content (AvgIpc) is 3.33. The number of aliphatic hydroxyl groups excluding tert-OH is 1. The molecule has 0 aliphatic heterocycles. The van der Waals surface area contributed by atoms with Gasteiger partial charge >= 0.3 is 0 Å². The monoisotopic (exact) mass is 569 g/mol. The molecule has 41 heavy (non-hydrogen) atoms. The van der Waals surface area contributed by atoms with E-state index in [4.69, 9.17) is 21.4 Å². The molecule has 6 rings (SSSR count). The number of imidazole rings is 1. The molecule has 1 aliphatic carbocycles. The molecule has 1 atom stereocenters. The maximum absolute atomic E-state index is 12.6. The van der Waals surface area contributed by atoms with Gasteiger partial charge in [0.2, 0.25) is 0 Å². The van der Waals surface area contributed by atoms with Crippen molar-refractivity contribution in [1.82, 2.24) is 24.8 Å². The van der Waals surface area contributed by atoms with Crippen LogP contribution in [0.2, 0.25) is 0 Å². The Labute approximate surface area is 244 Å². The summed E-state index contributed by atoms with van der Waals surface area (Å²) < 4.78 is 1.99. The Kier molecular flexibility index (Phi) is 7.77. The lowest BCUT2D eigenvalue weighted by atomic mass is 9.73. The smallest absolute Gasteiger partial charge is 0.251 e. The van der Waals surface area contributed by atoms with Gasteiger partial charge in [0.1, 0.15) is 11.3 Å². The molecular weight excluding hydrogens is 538 g/mol.